The van der Waals surface area contributed by atoms with E-state index in [4.69, 9.17) is 14.6 Å². The molecule has 0 unspecified atom stereocenters. The molecule has 0 saturated heterocycles. The Morgan fingerprint density at radius 1 is 1.03 bits per heavy atom. The highest BCUT2D eigenvalue weighted by atomic mass is 16.5. The maximum Gasteiger partial charge on any atom is 0.322 e. The van der Waals surface area contributed by atoms with Crippen LogP contribution in [0.15, 0.2) is 24.3 Å². The van der Waals surface area contributed by atoms with E-state index in [1.54, 1.807) is 25.3 Å². The summed E-state index contributed by atoms with van der Waals surface area (Å²) in [6.45, 7) is 16.6. The quantitative estimate of drug-likeness (QED) is 0.541. The van der Waals surface area contributed by atoms with Crippen molar-refractivity contribution in [1.82, 2.24) is 14.7 Å². The van der Waals surface area contributed by atoms with Crippen LogP contribution in [0.1, 0.15) is 61.1 Å². The van der Waals surface area contributed by atoms with Gasteiger partial charge in [0.1, 0.15) is 23.9 Å². The molecule has 2 aromatic rings. The number of urea groups is 1. The third-order valence-corrected chi connectivity index (χ3v) is 5.24. The molecule has 0 spiro atoms. The summed E-state index contributed by atoms with van der Waals surface area (Å²) in [5.41, 5.74) is 0.877. The number of hydrogen-bond donors (Lipinski definition) is 2. The number of benzene rings is 1. The van der Waals surface area contributed by atoms with Crippen LogP contribution >= 0.6 is 0 Å². The van der Waals surface area contributed by atoms with Crippen molar-refractivity contribution in [3.63, 3.8) is 0 Å². The molecular formula is C26H41N5O4. The third-order valence-electron chi connectivity index (χ3n) is 5.24. The zero-order chi connectivity index (χ0) is 26.6. The Kier molecular flexibility index (Phi) is 8.81. The smallest absolute Gasteiger partial charge is 0.322 e. The van der Waals surface area contributed by atoms with E-state index in [1.807, 2.05) is 45.4 Å². The summed E-state index contributed by atoms with van der Waals surface area (Å²) in [5.74, 6) is 1.56. The van der Waals surface area contributed by atoms with E-state index >= 15 is 0 Å². The van der Waals surface area contributed by atoms with Crippen molar-refractivity contribution in [2.75, 3.05) is 37.9 Å². The van der Waals surface area contributed by atoms with Crippen LogP contribution in [0.4, 0.5) is 16.3 Å². The second-order valence-electron chi connectivity index (χ2n) is 11.1. The minimum atomic E-state index is -0.392. The molecule has 35 heavy (non-hydrogen) atoms. The summed E-state index contributed by atoms with van der Waals surface area (Å²) in [7, 11) is 3.08. The van der Waals surface area contributed by atoms with Crippen LogP contribution in [-0.2, 0) is 15.7 Å². The minimum absolute atomic E-state index is 0.108. The topological polar surface area (TPSA) is 97.7 Å². The summed E-state index contributed by atoms with van der Waals surface area (Å²) >= 11 is 0. The lowest BCUT2D eigenvalue weighted by Crippen LogP contribution is -2.43. The molecule has 3 amide bonds. The predicted octanol–water partition coefficient (Wildman–Crippen LogP) is 5.08. The first kappa shape index (κ1) is 28.0. The van der Waals surface area contributed by atoms with Gasteiger partial charge in [0, 0.05) is 24.1 Å². The SMILES string of the molecule is COc1ccc(NC(=O)N(CC(=O)Nc2cc(C(C)(C)C)nn2C(C)(C)C)CC(C)C)c(OC)c1. The fourth-order valence-electron chi connectivity index (χ4n) is 3.46. The second kappa shape index (κ2) is 11.0. The molecule has 9 heteroatoms. The monoisotopic (exact) mass is 487 g/mol. The summed E-state index contributed by atoms with van der Waals surface area (Å²) < 4.78 is 12.4. The van der Waals surface area contributed by atoms with Crippen molar-refractivity contribution in [2.24, 2.45) is 5.92 Å². The first-order chi connectivity index (χ1) is 16.1. The van der Waals surface area contributed by atoms with Crippen molar-refractivity contribution in [2.45, 2.75) is 66.3 Å². The van der Waals surface area contributed by atoms with E-state index in [2.05, 4.69) is 31.4 Å². The number of rotatable bonds is 8. The molecule has 0 saturated carbocycles. The Bertz CT molecular complexity index is 1030. The zero-order valence-electron chi connectivity index (χ0n) is 22.8. The van der Waals surface area contributed by atoms with E-state index in [0.29, 0.717) is 29.5 Å². The Morgan fingerprint density at radius 2 is 1.69 bits per heavy atom. The molecule has 9 nitrogen and oxygen atoms in total. The van der Waals surface area contributed by atoms with E-state index in [1.165, 1.54) is 12.0 Å². The van der Waals surface area contributed by atoms with Gasteiger partial charge in [-0.15, -0.1) is 0 Å². The van der Waals surface area contributed by atoms with Gasteiger partial charge in [-0.05, 0) is 38.8 Å². The van der Waals surface area contributed by atoms with Gasteiger partial charge in [0.15, 0.2) is 0 Å². The average Bonchev–Trinajstić information content (AvgIpc) is 3.18. The second-order valence-corrected chi connectivity index (χ2v) is 11.1. The zero-order valence-corrected chi connectivity index (χ0v) is 22.8. The Balaban J connectivity index is 2.24. The molecule has 0 aliphatic rings. The number of ether oxygens (including phenoxy) is 2. The van der Waals surface area contributed by atoms with Gasteiger partial charge in [0.2, 0.25) is 5.91 Å². The first-order valence-corrected chi connectivity index (χ1v) is 11.8. The van der Waals surface area contributed by atoms with Gasteiger partial charge >= 0.3 is 6.03 Å². The number of methoxy groups -OCH3 is 2. The molecule has 0 radical (unpaired) electrons. The molecule has 2 rings (SSSR count). The fraction of sp³-hybridized carbons (Fsp3) is 0.577. The lowest BCUT2D eigenvalue weighted by Gasteiger charge is -2.26. The molecular weight excluding hydrogens is 446 g/mol. The van der Waals surface area contributed by atoms with Crippen LogP contribution in [0, 0.1) is 5.92 Å². The van der Waals surface area contributed by atoms with E-state index in [0.717, 1.165) is 5.69 Å². The number of anilines is 2. The van der Waals surface area contributed by atoms with Gasteiger partial charge in [-0.1, -0.05) is 34.6 Å². The Morgan fingerprint density at radius 3 is 2.20 bits per heavy atom. The lowest BCUT2D eigenvalue weighted by molar-refractivity contribution is -0.116. The standard InChI is InChI=1S/C26H41N5O4/c1-17(2)15-30(24(33)27-19-12-11-18(34-9)13-20(19)35-10)16-23(32)28-22-14-21(25(3,4)5)29-31(22)26(6,7)8/h11-14,17H,15-16H2,1-10H3,(H,27,33)(H,28,32). The van der Waals surface area contributed by atoms with Gasteiger partial charge in [-0.25, -0.2) is 9.48 Å². The molecule has 1 aromatic carbocycles. The minimum Gasteiger partial charge on any atom is -0.497 e. The molecule has 0 fully saturated rings. The summed E-state index contributed by atoms with van der Waals surface area (Å²) in [6, 6.07) is 6.64. The maximum absolute atomic E-state index is 13.2. The van der Waals surface area contributed by atoms with Crippen molar-refractivity contribution in [3.05, 3.63) is 30.0 Å². The summed E-state index contributed by atoms with van der Waals surface area (Å²) in [5, 5.41) is 10.6. The molecule has 194 valence electrons. The molecule has 0 aliphatic heterocycles. The van der Waals surface area contributed by atoms with Crippen LogP contribution in [0.2, 0.25) is 0 Å². The van der Waals surface area contributed by atoms with Crippen LogP contribution in [0.5, 0.6) is 11.5 Å². The van der Waals surface area contributed by atoms with Gasteiger partial charge < -0.3 is 25.0 Å². The molecule has 0 aliphatic carbocycles. The van der Waals surface area contributed by atoms with Crippen molar-refractivity contribution >= 4 is 23.4 Å². The largest absolute Gasteiger partial charge is 0.497 e. The molecule has 0 bridgehead atoms. The normalized spacial score (nSPS) is 11.9. The number of hydrogen-bond acceptors (Lipinski definition) is 5. The van der Waals surface area contributed by atoms with Gasteiger partial charge in [-0.3, -0.25) is 4.79 Å². The van der Waals surface area contributed by atoms with Gasteiger partial charge in [0.25, 0.3) is 0 Å². The predicted molar refractivity (Wildman–Crippen MR) is 140 cm³/mol. The lowest BCUT2D eigenvalue weighted by atomic mass is 9.92. The fourth-order valence-corrected chi connectivity index (χ4v) is 3.46. The molecule has 1 heterocycles. The highest BCUT2D eigenvalue weighted by Crippen LogP contribution is 2.30. The van der Waals surface area contributed by atoms with Crippen LogP contribution in [-0.4, -0.2) is 53.9 Å². The van der Waals surface area contributed by atoms with Crippen LogP contribution < -0.4 is 20.1 Å². The highest BCUT2D eigenvalue weighted by Gasteiger charge is 2.27. The summed E-state index contributed by atoms with van der Waals surface area (Å²) in [4.78, 5) is 27.7. The summed E-state index contributed by atoms with van der Waals surface area (Å²) in [6.07, 6.45) is 0. The number of carbonyl (C=O) groups excluding carboxylic acids is 2. The molecule has 0 atom stereocenters. The first-order valence-electron chi connectivity index (χ1n) is 11.8. The van der Waals surface area contributed by atoms with E-state index in [9.17, 15) is 9.59 Å². The van der Waals surface area contributed by atoms with Crippen molar-refractivity contribution in [1.29, 1.82) is 0 Å². The maximum atomic E-state index is 13.2. The number of aromatic nitrogens is 2. The van der Waals surface area contributed by atoms with Crippen LogP contribution in [0.25, 0.3) is 0 Å². The average molecular weight is 488 g/mol. The van der Waals surface area contributed by atoms with Crippen molar-refractivity contribution < 1.29 is 19.1 Å². The number of nitrogens with one attached hydrogen (secondary N) is 2. The van der Waals surface area contributed by atoms with Crippen LogP contribution in [0.3, 0.4) is 0 Å². The van der Waals surface area contributed by atoms with Gasteiger partial charge in [-0.2, -0.15) is 5.10 Å². The molecule has 1 aromatic heterocycles. The van der Waals surface area contributed by atoms with E-state index < -0.39 is 6.03 Å². The van der Waals surface area contributed by atoms with Gasteiger partial charge in [0.05, 0.1) is 31.1 Å². The Hall–Kier alpha value is -3.23. The number of nitrogens with zero attached hydrogens (tertiary/aromatic N) is 3. The third kappa shape index (κ3) is 7.63. The van der Waals surface area contributed by atoms with E-state index in [-0.39, 0.29) is 29.3 Å². The highest BCUT2D eigenvalue weighted by molar-refractivity contribution is 5.97. The number of carbonyl (C=O) groups is 2. The molecule has 2 N–H and O–H groups in total. The Labute approximate surface area is 209 Å². The number of amides is 3. The van der Waals surface area contributed by atoms with Crippen molar-refractivity contribution in [3.8, 4) is 11.5 Å².